The molecule has 0 atom stereocenters. The van der Waals surface area contributed by atoms with E-state index in [1.807, 2.05) is 25.2 Å². The number of allylic oxidation sites excluding steroid dienone is 1. The van der Waals surface area contributed by atoms with E-state index in [2.05, 4.69) is 57.0 Å². The van der Waals surface area contributed by atoms with Crippen LogP contribution in [-0.4, -0.2) is 0 Å². The monoisotopic (exact) mass is 296 g/mol. The molecule has 0 aliphatic carbocycles. The molecule has 0 saturated heterocycles. The van der Waals surface area contributed by atoms with E-state index in [4.69, 9.17) is 0 Å². The van der Waals surface area contributed by atoms with E-state index in [9.17, 15) is 0 Å². The van der Waals surface area contributed by atoms with E-state index in [0.717, 1.165) is 4.91 Å². The Balaban J connectivity index is 0.000000771. The summed E-state index contributed by atoms with van der Waals surface area (Å²) in [5.41, 5.74) is 2.62. The molecular weight excluding hydrogens is 276 g/mol. The fourth-order valence-electron chi connectivity index (χ4n) is 1.46. The minimum absolute atomic E-state index is 1.10. The van der Waals surface area contributed by atoms with Gasteiger partial charge in [0.1, 0.15) is 0 Å². The Labute approximate surface area is 124 Å². The summed E-state index contributed by atoms with van der Waals surface area (Å²) in [7, 11) is 0. The van der Waals surface area contributed by atoms with Crippen LogP contribution in [0.25, 0.3) is 14.7 Å². The van der Waals surface area contributed by atoms with Crippen molar-refractivity contribution in [3.05, 3.63) is 39.6 Å². The minimum Gasteiger partial charge on any atom is -0.143 e. The van der Waals surface area contributed by atoms with Gasteiger partial charge >= 0.3 is 0 Å². The van der Waals surface area contributed by atoms with Gasteiger partial charge in [-0.1, -0.05) is 19.4 Å². The normalized spacial score (nSPS) is 9.67. The summed E-state index contributed by atoms with van der Waals surface area (Å²) < 4.78 is 0. The smallest absolute Gasteiger partial charge is 0.0471 e. The number of rotatable bonds is 2. The quantitative estimate of drug-likeness (QED) is 0.601. The highest BCUT2D eigenvalue weighted by Crippen LogP contribution is 2.38. The van der Waals surface area contributed by atoms with Gasteiger partial charge in [-0.2, -0.15) is 0 Å². The van der Waals surface area contributed by atoms with Crippen molar-refractivity contribution in [3.63, 3.8) is 0 Å². The van der Waals surface area contributed by atoms with Crippen LogP contribution in [0.1, 0.15) is 38.1 Å². The Morgan fingerprint density at radius 2 is 1.78 bits per heavy atom. The molecule has 2 rings (SSSR count). The van der Waals surface area contributed by atoms with Crippen molar-refractivity contribution in [1.82, 2.24) is 0 Å². The van der Waals surface area contributed by atoms with Gasteiger partial charge in [-0.15, -0.1) is 35.3 Å². The topological polar surface area (TPSA) is 0 Å². The van der Waals surface area contributed by atoms with Gasteiger partial charge in [0, 0.05) is 19.5 Å². The van der Waals surface area contributed by atoms with Crippen LogP contribution < -0.4 is 0 Å². The Bertz CT molecular complexity index is 525. The first-order chi connectivity index (χ1) is 8.59. The van der Waals surface area contributed by atoms with Gasteiger partial charge in [-0.25, -0.2) is 0 Å². The highest BCUT2D eigenvalue weighted by atomic mass is 32.1. The Morgan fingerprint density at radius 3 is 2.28 bits per heavy atom. The molecule has 0 spiro atoms. The summed E-state index contributed by atoms with van der Waals surface area (Å²) in [6.45, 7) is 10.4. The second-order valence-electron chi connectivity index (χ2n) is 3.95. The Morgan fingerprint density at radius 1 is 1.11 bits per heavy atom. The van der Waals surface area contributed by atoms with Crippen LogP contribution in [0, 0.1) is 6.92 Å². The molecule has 0 radical (unpaired) electrons. The van der Waals surface area contributed by atoms with Crippen LogP contribution in [0.2, 0.25) is 0 Å². The molecule has 98 valence electrons. The van der Waals surface area contributed by atoms with Crippen molar-refractivity contribution in [2.75, 3.05) is 0 Å². The van der Waals surface area contributed by atoms with Crippen LogP contribution in [0.4, 0.5) is 0 Å². The molecule has 2 aromatic rings. The number of thiophene rings is 2. The highest BCUT2D eigenvalue weighted by Gasteiger charge is 2.08. The van der Waals surface area contributed by atoms with Gasteiger partial charge in [0.2, 0.25) is 0 Å². The lowest BCUT2D eigenvalue weighted by Gasteiger charge is -1.98. The lowest BCUT2D eigenvalue weighted by atomic mass is 10.2. The van der Waals surface area contributed by atoms with Gasteiger partial charge in [0.15, 0.2) is 0 Å². The molecule has 0 amide bonds. The molecule has 0 unspecified atom stereocenters. The molecule has 0 saturated carbocycles. The standard InChI is InChI=1S/C13H14S3.C2H6/c1-8(2)12(14)10-4-5-11(16-10)13-9(3)6-7-15-13;1-2/h4-7,14H,1-3H3;1-2H3. The largest absolute Gasteiger partial charge is 0.143 e. The molecule has 2 heterocycles. The maximum atomic E-state index is 4.54. The third kappa shape index (κ3) is 3.50. The van der Waals surface area contributed by atoms with Gasteiger partial charge < -0.3 is 0 Å². The first kappa shape index (κ1) is 15.5. The average molecular weight is 297 g/mol. The molecule has 0 N–H and O–H groups in total. The molecule has 18 heavy (non-hydrogen) atoms. The predicted molar refractivity (Wildman–Crippen MR) is 91.0 cm³/mol. The average Bonchev–Trinajstić information content (AvgIpc) is 2.98. The molecule has 3 heteroatoms. The SMILES string of the molecule is CC.CC(C)=C(S)c1ccc(-c2sccc2C)s1. The molecule has 0 nitrogen and oxygen atoms in total. The first-order valence-electron chi connectivity index (χ1n) is 6.10. The van der Waals surface area contributed by atoms with Crippen molar-refractivity contribution in [2.24, 2.45) is 0 Å². The van der Waals surface area contributed by atoms with Crippen LogP contribution in [0.15, 0.2) is 29.2 Å². The van der Waals surface area contributed by atoms with Crippen LogP contribution in [0.5, 0.6) is 0 Å². The highest BCUT2D eigenvalue weighted by molar-refractivity contribution is 7.90. The molecule has 2 aromatic heterocycles. The molecule has 0 aromatic carbocycles. The number of hydrogen-bond acceptors (Lipinski definition) is 3. The van der Waals surface area contributed by atoms with Gasteiger partial charge in [0.05, 0.1) is 0 Å². The summed E-state index contributed by atoms with van der Waals surface area (Å²) in [6.07, 6.45) is 0. The third-order valence-electron chi connectivity index (χ3n) is 2.40. The zero-order valence-corrected chi connectivity index (χ0v) is 14.1. The fraction of sp³-hybridized carbons (Fsp3) is 0.333. The van der Waals surface area contributed by atoms with Gasteiger partial charge in [0.25, 0.3) is 0 Å². The minimum atomic E-state index is 1.10. The Kier molecular flexibility index (Phi) is 6.19. The van der Waals surface area contributed by atoms with E-state index < -0.39 is 0 Å². The van der Waals surface area contributed by atoms with E-state index in [1.54, 1.807) is 11.3 Å². The van der Waals surface area contributed by atoms with Crippen LogP contribution in [-0.2, 0) is 0 Å². The zero-order valence-electron chi connectivity index (χ0n) is 11.6. The summed E-state index contributed by atoms with van der Waals surface area (Å²) in [6, 6.07) is 6.52. The van der Waals surface area contributed by atoms with Crippen molar-refractivity contribution >= 4 is 40.2 Å². The van der Waals surface area contributed by atoms with Crippen molar-refractivity contribution in [1.29, 1.82) is 0 Å². The molecular formula is C15H20S3. The maximum absolute atomic E-state index is 4.54. The summed E-state index contributed by atoms with van der Waals surface area (Å²) >= 11 is 8.17. The van der Waals surface area contributed by atoms with E-state index in [1.165, 1.54) is 25.8 Å². The number of thiol groups is 1. The van der Waals surface area contributed by atoms with Crippen molar-refractivity contribution < 1.29 is 0 Å². The van der Waals surface area contributed by atoms with Gasteiger partial charge in [-0.05, 0) is 49.9 Å². The lowest BCUT2D eigenvalue weighted by molar-refractivity contribution is 1.42. The van der Waals surface area contributed by atoms with Crippen LogP contribution in [0.3, 0.4) is 0 Å². The van der Waals surface area contributed by atoms with Crippen molar-refractivity contribution in [2.45, 2.75) is 34.6 Å². The number of aryl methyl sites for hydroxylation is 1. The van der Waals surface area contributed by atoms with E-state index in [0.29, 0.717) is 0 Å². The van der Waals surface area contributed by atoms with E-state index >= 15 is 0 Å². The molecule has 0 aliphatic heterocycles. The third-order valence-corrected chi connectivity index (χ3v) is 5.54. The zero-order chi connectivity index (χ0) is 13.7. The molecule has 0 bridgehead atoms. The lowest BCUT2D eigenvalue weighted by Crippen LogP contribution is -1.71. The summed E-state index contributed by atoms with van der Waals surface area (Å²) in [4.78, 5) is 5.08. The molecule has 0 fully saturated rings. The van der Waals surface area contributed by atoms with E-state index in [-0.39, 0.29) is 0 Å². The summed E-state index contributed by atoms with van der Waals surface area (Å²) in [5, 5.41) is 2.15. The number of hydrogen-bond donors (Lipinski definition) is 1. The first-order valence-corrected chi connectivity index (χ1v) is 8.25. The van der Waals surface area contributed by atoms with Gasteiger partial charge in [-0.3, -0.25) is 0 Å². The van der Waals surface area contributed by atoms with Crippen molar-refractivity contribution in [3.8, 4) is 9.75 Å². The maximum Gasteiger partial charge on any atom is 0.0471 e. The summed E-state index contributed by atoms with van der Waals surface area (Å²) in [5.74, 6) is 0. The fourth-order valence-corrected chi connectivity index (χ4v) is 3.85. The second kappa shape index (κ2) is 7.17. The second-order valence-corrected chi connectivity index (χ2v) is 6.39. The molecule has 0 aliphatic rings. The van der Waals surface area contributed by atoms with Crippen LogP contribution >= 0.6 is 35.3 Å². The Hall–Kier alpha value is -0.510. The predicted octanol–water partition coefficient (Wildman–Crippen LogP) is 6.49.